The van der Waals surface area contributed by atoms with E-state index in [9.17, 15) is 4.79 Å². The zero-order valence-electron chi connectivity index (χ0n) is 11.1. The minimum Gasteiger partial charge on any atom is -0.382 e. The Morgan fingerprint density at radius 3 is 3.00 bits per heavy atom. The third-order valence-corrected chi connectivity index (χ3v) is 4.02. The number of carbonyl (C=O) groups excluding carboxylic acids is 1. The summed E-state index contributed by atoms with van der Waals surface area (Å²) in [5, 5.41) is 15.5. The van der Waals surface area contributed by atoms with Crippen molar-refractivity contribution in [2.24, 2.45) is 0 Å². The summed E-state index contributed by atoms with van der Waals surface area (Å²) in [6.07, 6.45) is 2.25. The van der Waals surface area contributed by atoms with E-state index in [4.69, 9.17) is 11.0 Å². The van der Waals surface area contributed by atoms with Crippen LogP contribution in [0.15, 0.2) is 24.3 Å². The molecule has 1 aromatic carbocycles. The summed E-state index contributed by atoms with van der Waals surface area (Å²) in [6.45, 7) is 0. The van der Waals surface area contributed by atoms with Gasteiger partial charge in [0.25, 0.3) is 5.91 Å². The number of benzene rings is 1. The van der Waals surface area contributed by atoms with Crippen LogP contribution in [0.25, 0.3) is 0 Å². The lowest BCUT2D eigenvalue weighted by Crippen LogP contribution is -2.12. The molecule has 21 heavy (non-hydrogen) atoms. The van der Waals surface area contributed by atoms with Gasteiger partial charge >= 0.3 is 0 Å². The fourth-order valence-electron chi connectivity index (χ4n) is 1.81. The Balaban J connectivity index is 1.75. The second kappa shape index (κ2) is 5.42. The Morgan fingerprint density at radius 2 is 2.29 bits per heavy atom. The summed E-state index contributed by atoms with van der Waals surface area (Å²) < 4.78 is 0. The number of hydrogen-bond acceptors (Lipinski definition) is 6. The number of anilines is 3. The number of nitrogens with zero attached hydrogens (tertiary/aromatic N) is 2. The molecule has 1 aromatic heterocycles. The van der Waals surface area contributed by atoms with Crippen molar-refractivity contribution in [2.75, 3.05) is 16.4 Å². The SMILES string of the molecule is N#Cc1cccc(NC(=O)c2sc(NC3CC3)nc2N)c1. The standard InChI is InChI=1S/C14H13N5OS/c15-7-8-2-1-3-10(6-8)17-13(20)11-12(16)19-14(21-11)18-9-4-5-9/h1-3,6,9H,4-5,16H2,(H,17,20)(H,18,19). The molecule has 1 heterocycles. The first-order valence-electron chi connectivity index (χ1n) is 6.50. The molecule has 0 atom stereocenters. The number of amides is 1. The fraction of sp³-hybridized carbons (Fsp3) is 0.214. The van der Waals surface area contributed by atoms with Gasteiger partial charge in [-0.15, -0.1) is 0 Å². The molecular formula is C14H13N5OS. The molecule has 1 aliphatic rings. The Kier molecular flexibility index (Phi) is 3.46. The van der Waals surface area contributed by atoms with Crippen molar-refractivity contribution in [3.05, 3.63) is 34.7 Å². The van der Waals surface area contributed by atoms with Gasteiger partial charge in [-0.2, -0.15) is 5.26 Å². The smallest absolute Gasteiger partial charge is 0.269 e. The number of nitrogens with one attached hydrogen (secondary N) is 2. The van der Waals surface area contributed by atoms with Crippen LogP contribution >= 0.6 is 11.3 Å². The van der Waals surface area contributed by atoms with Gasteiger partial charge in [0.15, 0.2) is 5.13 Å². The predicted molar refractivity (Wildman–Crippen MR) is 82.3 cm³/mol. The molecule has 1 fully saturated rings. The Labute approximate surface area is 125 Å². The van der Waals surface area contributed by atoms with Crippen molar-refractivity contribution in [3.8, 4) is 6.07 Å². The molecule has 0 saturated heterocycles. The highest BCUT2D eigenvalue weighted by Crippen LogP contribution is 2.30. The van der Waals surface area contributed by atoms with Gasteiger partial charge in [0.05, 0.1) is 11.6 Å². The van der Waals surface area contributed by atoms with E-state index in [0.29, 0.717) is 27.3 Å². The normalized spacial score (nSPS) is 13.5. The van der Waals surface area contributed by atoms with Gasteiger partial charge in [0.2, 0.25) is 0 Å². The number of nitriles is 1. The van der Waals surface area contributed by atoms with Crippen LogP contribution in [-0.2, 0) is 0 Å². The van der Waals surface area contributed by atoms with Crippen LogP contribution in [-0.4, -0.2) is 16.9 Å². The first-order valence-corrected chi connectivity index (χ1v) is 7.31. The average Bonchev–Trinajstić information content (AvgIpc) is 3.20. The summed E-state index contributed by atoms with van der Waals surface area (Å²) in [7, 11) is 0. The molecule has 1 amide bonds. The fourth-order valence-corrected chi connectivity index (χ4v) is 2.67. The van der Waals surface area contributed by atoms with Crippen molar-refractivity contribution < 1.29 is 4.79 Å². The van der Waals surface area contributed by atoms with Gasteiger partial charge in [0, 0.05) is 11.7 Å². The molecule has 0 bridgehead atoms. The average molecular weight is 299 g/mol. The van der Waals surface area contributed by atoms with Crippen molar-refractivity contribution in [2.45, 2.75) is 18.9 Å². The molecular weight excluding hydrogens is 286 g/mol. The topological polar surface area (TPSA) is 104 Å². The van der Waals surface area contributed by atoms with E-state index in [1.165, 1.54) is 11.3 Å². The molecule has 7 heteroatoms. The largest absolute Gasteiger partial charge is 0.382 e. The first kappa shape index (κ1) is 13.4. The van der Waals surface area contributed by atoms with Crippen LogP contribution in [0.2, 0.25) is 0 Å². The van der Waals surface area contributed by atoms with E-state index in [2.05, 4.69) is 15.6 Å². The summed E-state index contributed by atoms with van der Waals surface area (Å²) in [5.74, 6) is -0.0963. The van der Waals surface area contributed by atoms with Crippen molar-refractivity contribution in [3.63, 3.8) is 0 Å². The van der Waals surface area contributed by atoms with Gasteiger partial charge in [0.1, 0.15) is 10.7 Å². The lowest BCUT2D eigenvalue weighted by atomic mass is 10.2. The van der Waals surface area contributed by atoms with Gasteiger partial charge in [-0.25, -0.2) is 4.98 Å². The molecule has 1 saturated carbocycles. The lowest BCUT2D eigenvalue weighted by Gasteiger charge is -2.03. The monoisotopic (exact) mass is 299 g/mol. The van der Waals surface area contributed by atoms with Crippen molar-refractivity contribution >= 4 is 33.9 Å². The van der Waals surface area contributed by atoms with Crippen LogP contribution in [0.3, 0.4) is 0 Å². The van der Waals surface area contributed by atoms with E-state index in [0.717, 1.165) is 12.8 Å². The zero-order valence-corrected chi connectivity index (χ0v) is 11.9. The Hall–Kier alpha value is -2.59. The molecule has 6 nitrogen and oxygen atoms in total. The lowest BCUT2D eigenvalue weighted by molar-refractivity contribution is 0.103. The maximum atomic E-state index is 12.2. The number of carbonyl (C=O) groups is 1. The molecule has 106 valence electrons. The van der Waals surface area contributed by atoms with Gasteiger partial charge < -0.3 is 16.4 Å². The van der Waals surface area contributed by atoms with Crippen LogP contribution in [0, 0.1) is 11.3 Å². The van der Waals surface area contributed by atoms with Crippen LogP contribution < -0.4 is 16.4 Å². The second-order valence-corrected chi connectivity index (χ2v) is 5.80. The summed E-state index contributed by atoms with van der Waals surface area (Å²) in [5.41, 5.74) is 6.84. The highest BCUT2D eigenvalue weighted by molar-refractivity contribution is 7.18. The number of rotatable bonds is 4. The first-order chi connectivity index (χ1) is 10.2. The quantitative estimate of drug-likeness (QED) is 0.804. The van der Waals surface area contributed by atoms with E-state index in [1.807, 2.05) is 6.07 Å². The molecule has 1 aliphatic carbocycles. The minimum absolute atomic E-state index is 0.220. The Morgan fingerprint density at radius 1 is 1.48 bits per heavy atom. The Bertz CT molecular complexity index is 729. The molecule has 2 aromatic rings. The molecule has 0 radical (unpaired) electrons. The van der Waals surface area contributed by atoms with Crippen LogP contribution in [0.5, 0.6) is 0 Å². The van der Waals surface area contributed by atoms with Gasteiger partial charge in [-0.3, -0.25) is 4.79 Å². The molecule has 3 rings (SSSR count). The van der Waals surface area contributed by atoms with Crippen molar-refractivity contribution in [1.82, 2.24) is 4.98 Å². The maximum absolute atomic E-state index is 12.2. The summed E-state index contributed by atoms with van der Waals surface area (Å²) in [4.78, 5) is 16.8. The minimum atomic E-state index is -0.316. The third-order valence-electron chi connectivity index (χ3n) is 3.01. The van der Waals surface area contributed by atoms with Gasteiger partial charge in [-0.1, -0.05) is 17.4 Å². The van der Waals surface area contributed by atoms with E-state index >= 15 is 0 Å². The van der Waals surface area contributed by atoms with E-state index in [-0.39, 0.29) is 11.7 Å². The highest BCUT2D eigenvalue weighted by atomic mass is 32.1. The molecule has 0 spiro atoms. The number of nitrogens with two attached hydrogens (primary N) is 1. The van der Waals surface area contributed by atoms with Crippen LogP contribution in [0.1, 0.15) is 28.1 Å². The number of aromatic nitrogens is 1. The molecule has 0 aliphatic heterocycles. The summed E-state index contributed by atoms with van der Waals surface area (Å²) >= 11 is 1.24. The van der Waals surface area contributed by atoms with E-state index in [1.54, 1.807) is 24.3 Å². The number of thiazole rings is 1. The number of hydrogen-bond donors (Lipinski definition) is 3. The molecule has 0 unspecified atom stereocenters. The van der Waals surface area contributed by atoms with Crippen LogP contribution in [0.4, 0.5) is 16.6 Å². The predicted octanol–water partition coefficient (Wildman–Crippen LogP) is 2.42. The zero-order chi connectivity index (χ0) is 14.8. The number of nitrogen functional groups attached to an aromatic ring is 1. The summed E-state index contributed by atoms with van der Waals surface area (Å²) in [6, 6.07) is 9.20. The van der Waals surface area contributed by atoms with Gasteiger partial charge in [-0.05, 0) is 31.0 Å². The van der Waals surface area contributed by atoms with Crippen molar-refractivity contribution in [1.29, 1.82) is 5.26 Å². The third kappa shape index (κ3) is 3.12. The highest BCUT2D eigenvalue weighted by Gasteiger charge is 2.24. The second-order valence-electron chi connectivity index (χ2n) is 4.80. The molecule has 4 N–H and O–H groups in total. The van der Waals surface area contributed by atoms with E-state index < -0.39 is 0 Å². The maximum Gasteiger partial charge on any atom is 0.269 e.